The Morgan fingerprint density at radius 2 is 1.44 bits per heavy atom. The van der Waals surface area contributed by atoms with Crippen LogP contribution in [0.2, 0.25) is 10.0 Å². The molecule has 0 bridgehead atoms. The van der Waals surface area contributed by atoms with Gasteiger partial charge in [0.15, 0.2) is 5.69 Å². The summed E-state index contributed by atoms with van der Waals surface area (Å²) < 4.78 is 0. The molecule has 0 spiro atoms. The number of benzene rings is 2. The van der Waals surface area contributed by atoms with Crippen molar-refractivity contribution in [3.63, 3.8) is 0 Å². The summed E-state index contributed by atoms with van der Waals surface area (Å²) >= 11 is 11.8. The Hall–Kier alpha value is -2.38. The predicted molar refractivity (Wildman–Crippen MR) is 98.2 cm³/mol. The van der Waals surface area contributed by atoms with Gasteiger partial charge in [-0.15, -0.1) is 0 Å². The number of halogens is 2. The SMILES string of the molecule is CC(C)(C)c1cc([N+](=O)[O-])c(Nc2ccc(Cl)c(Cl)c2)c([N+](=O)[O-])c1. The molecule has 25 heavy (non-hydrogen) atoms. The number of hydrogen-bond acceptors (Lipinski definition) is 5. The van der Waals surface area contributed by atoms with E-state index in [0.29, 0.717) is 16.3 Å². The minimum absolute atomic E-state index is 0.207. The van der Waals surface area contributed by atoms with Gasteiger partial charge in [-0.1, -0.05) is 44.0 Å². The minimum atomic E-state index is -0.651. The van der Waals surface area contributed by atoms with Crippen molar-refractivity contribution in [3.05, 3.63) is 66.2 Å². The Labute approximate surface area is 153 Å². The smallest absolute Gasteiger partial charge is 0.300 e. The maximum atomic E-state index is 11.5. The Kier molecular flexibility index (Phi) is 5.20. The molecule has 0 saturated carbocycles. The van der Waals surface area contributed by atoms with Crippen molar-refractivity contribution in [3.8, 4) is 0 Å². The molecule has 1 N–H and O–H groups in total. The van der Waals surface area contributed by atoms with E-state index in [2.05, 4.69) is 5.32 Å². The van der Waals surface area contributed by atoms with Crippen molar-refractivity contribution in [1.29, 1.82) is 0 Å². The standard InChI is InChI=1S/C16H15Cl2N3O4/c1-16(2,3)9-6-13(20(22)23)15(14(7-9)21(24)25)19-10-4-5-11(17)12(18)8-10/h4-8,19H,1-3H3. The summed E-state index contributed by atoms with van der Waals surface area (Å²) in [6, 6.07) is 7.14. The molecule has 0 aromatic heterocycles. The first-order valence-electron chi connectivity index (χ1n) is 7.20. The second-order valence-corrected chi connectivity index (χ2v) is 7.22. The van der Waals surface area contributed by atoms with Gasteiger partial charge in [-0.3, -0.25) is 20.2 Å². The molecule has 0 saturated heterocycles. The van der Waals surface area contributed by atoms with Crippen molar-refractivity contribution in [2.24, 2.45) is 0 Å². The molecule has 9 heteroatoms. The van der Waals surface area contributed by atoms with E-state index in [-0.39, 0.29) is 22.1 Å². The van der Waals surface area contributed by atoms with E-state index in [0.717, 1.165) is 0 Å². The predicted octanol–water partition coefficient (Wildman–Crippen LogP) is 5.85. The summed E-state index contributed by atoms with van der Waals surface area (Å²) in [7, 11) is 0. The van der Waals surface area contributed by atoms with Crippen LogP contribution in [0.15, 0.2) is 30.3 Å². The first-order chi connectivity index (χ1) is 11.5. The molecular formula is C16H15Cl2N3O4. The molecule has 0 radical (unpaired) electrons. The van der Waals surface area contributed by atoms with Crippen LogP contribution in [0.25, 0.3) is 0 Å². The van der Waals surface area contributed by atoms with Crippen molar-refractivity contribution in [2.75, 3.05) is 5.32 Å². The highest BCUT2D eigenvalue weighted by Crippen LogP contribution is 2.41. The lowest BCUT2D eigenvalue weighted by Crippen LogP contribution is -2.13. The molecule has 0 aliphatic rings. The quantitative estimate of drug-likeness (QED) is 0.527. The molecule has 0 atom stereocenters. The molecule has 0 heterocycles. The Balaban J connectivity index is 2.67. The van der Waals surface area contributed by atoms with Crippen LogP contribution in [0.4, 0.5) is 22.7 Å². The van der Waals surface area contributed by atoms with Gasteiger partial charge in [0.25, 0.3) is 11.4 Å². The van der Waals surface area contributed by atoms with Gasteiger partial charge in [-0.2, -0.15) is 0 Å². The zero-order valence-corrected chi connectivity index (χ0v) is 15.2. The molecule has 0 unspecified atom stereocenters. The minimum Gasteiger partial charge on any atom is -0.344 e. The average molecular weight is 384 g/mol. The summed E-state index contributed by atoms with van der Waals surface area (Å²) in [6.07, 6.45) is 0. The van der Waals surface area contributed by atoms with Crippen molar-refractivity contribution in [2.45, 2.75) is 26.2 Å². The summed E-state index contributed by atoms with van der Waals surface area (Å²) in [6.45, 7) is 5.46. The second kappa shape index (κ2) is 6.85. The van der Waals surface area contributed by atoms with E-state index in [1.54, 1.807) is 0 Å². The fraction of sp³-hybridized carbons (Fsp3) is 0.250. The van der Waals surface area contributed by atoms with Gasteiger partial charge in [0.05, 0.1) is 19.9 Å². The fourth-order valence-electron chi connectivity index (χ4n) is 2.18. The fourth-order valence-corrected chi connectivity index (χ4v) is 2.48. The van der Waals surface area contributed by atoms with Gasteiger partial charge < -0.3 is 5.32 Å². The Morgan fingerprint density at radius 1 is 0.920 bits per heavy atom. The van der Waals surface area contributed by atoms with Gasteiger partial charge in [0.2, 0.25) is 0 Å². The molecule has 0 aliphatic carbocycles. The van der Waals surface area contributed by atoms with E-state index in [1.807, 2.05) is 20.8 Å². The molecule has 0 aliphatic heterocycles. The van der Waals surface area contributed by atoms with Crippen molar-refractivity contribution in [1.82, 2.24) is 0 Å². The maximum Gasteiger partial charge on any atom is 0.300 e. The molecule has 132 valence electrons. The number of anilines is 2. The van der Waals surface area contributed by atoms with Crippen molar-refractivity contribution >= 4 is 46.0 Å². The zero-order chi connectivity index (χ0) is 18.9. The van der Waals surface area contributed by atoms with Crippen LogP contribution in [0.5, 0.6) is 0 Å². The number of nitro groups is 2. The van der Waals surface area contributed by atoms with Crippen LogP contribution in [0, 0.1) is 20.2 Å². The number of nitrogens with one attached hydrogen (secondary N) is 1. The normalized spacial score (nSPS) is 11.2. The molecule has 2 aromatic carbocycles. The van der Waals surface area contributed by atoms with E-state index in [1.165, 1.54) is 30.3 Å². The van der Waals surface area contributed by atoms with E-state index >= 15 is 0 Å². The summed E-state index contributed by atoms with van der Waals surface area (Å²) in [5, 5.41) is 26.2. The van der Waals surface area contributed by atoms with Gasteiger partial charge >= 0.3 is 0 Å². The van der Waals surface area contributed by atoms with Gasteiger partial charge in [0.1, 0.15) is 0 Å². The van der Waals surface area contributed by atoms with Gasteiger partial charge in [-0.25, -0.2) is 0 Å². The number of rotatable bonds is 4. The summed E-state index contributed by atoms with van der Waals surface area (Å²) in [5.41, 5.74) is -0.621. The first kappa shape index (κ1) is 19.0. The Morgan fingerprint density at radius 3 is 1.84 bits per heavy atom. The van der Waals surface area contributed by atoms with Crippen LogP contribution in [0.1, 0.15) is 26.3 Å². The van der Waals surface area contributed by atoms with Crippen LogP contribution in [-0.2, 0) is 5.41 Å². The monoisotopic (exact) mass is 383 g/mol. The highest BCUT2D eigenvalue weighted by Gasteiger charge is 2.30. The van der Waals surface area contributed by atoms with Crippen LogP contribution < -0.4 is 5.32 Å². The van der Waals surface area contributed by atoms with Crippen molar-refractivity contribution < 1.29 is 9.85 Å². The third-order valence-electron chi connectivity index (χ3n) is 3.55. The molecular weight excluding hydrogens is 369 g/mol. The van der Waals surface area contributed by atoms with Crippen LogP contribution in [0.3, 0.4) is 0 Å². The number of nitro benzene ring substituents is 2. The number of nitrogens with zero attached hydrogens (tertiary/aromatic N) is 2. The maximum absolute atomic E-state index is 11.5. The molecule has 0 fully saturated rings. The first-order valence-corrected chi connectivity index (χ1v) is 7.95. The highest BCUT2D eigenvalue weighted by atomic mass is 35.5. The topological polar surface area (TPSA) is 98.3 Å². The average Bonchev–Trinajstić information content (AvgIpc) is 2.49. The zero-order valence-electron chi connectivity index (χ0n) is 13.7. The second-order valence-electron chi connectivity index (χ2n) is 6.41. The lowest BCUT2D eigenvalue weighted by Gasteiger charge is -2.19. The third-order valence-corrected chi connectivity index (χ3v) is 4.28. The third kappa shape index (κ3) is 4.18. The van der Waals surface area contributed by atoms with Crippen LogP contribution in [-0.4, -0.2) is 9.85 Å². The summed E-state index contributed by atoms with van der Waals surface area (Å²) in [4.78, 5) is 21.7. The lowest BCUT2D eigenvalue weighted by molar-refractivity contribution is -0.392. The molecule has 0 amide bonds. The van der Waals surface area contributed by atoms with Gasteiger partial charge in [-0.05, 0) is 29.2 Å². The molecule has 7 nitrogen and oxygen atoms in total. The van der Waals surface area contributed by atoms with E-state index in [4.69, 9.17) is 23.2 Å². The highest BCUT2D eigenvalue weighted by molar-refractivity contribution is 6.42. The summed E-state index contributed by atoms with van der Waals surface area (Å²) in [5.74, 6) is 0. The van der Waals surface area contributed by atoms with Gasteiger partial charge in [0, 0.05) is 17.8 Å². The van der Waals surface area contributed by atoms with E-state index < -0.39 is 15.3 Å². The largest absolute Gasteiger partial charge is 0.344 e. The Bertz CT molecular complexity index is 828. The number of hydrogen-bond donors (Lipinski definition) is 1. The van der Waals surface area contributed by atoms with E-state index in [9.17, 15) is 20.2 Å². The van der Waals surface area contributed by atoms with Crippen LogP contribution >= 0.6 is 23.2 Å². The molecule has 2 aromatic rings. The molecule has 2 rings (SSSR count). The lowest BCUT2D eigenvalue weighted by atomic mass is 9.86.